The normalized spacial score (nSPS) is 13.7. The number of nitrogens with one attached hydrogen (secondary N) is 1. The molecule has 32 heavy (non-hydrogen) atoms. The summed E-state index contributed by atoms with van der Waals surface area (Å²) in [4.78, 5) is 13.0. The highest BCUT2D eigenvalue weighted by molar-refractivity contribution is 5.94. The van der Waals surface area contributed by atoms with Crippen LogP contribution in [0.1, 0.15) is 47.3 Å². The number of hydrogen-bond donors (Lipinski definition) is 1. The van der Waals surface area contributed by atoms with Gasteiger partial charge in [0, 0.05) is 12.0 Å². The van der Waals surface area contributed by atoms with E-state index in [0.717, 1.165) is 42.1 Å². The van der Waals surface area contributed by atoms with Gasteiger partial charge in [-0.2, -0.15) is 0 Å². The van der Waals surface area contributed by atoms with E-state index >= 15 is 0 Å². The van der Waals surface area contributed by atoms with Gasteiger partial charge in [0.1, 0.15) is 5.75 Å². The molecule has 1 aliphatic heterocycles. The Balaban J connectivity index is 1.54. The van der Waals surface area contributed by atoms with Gasteiger partial charge < -0.3 is 19.5 Å². The van der Waals surface area contributed by atoms with Crippen LogP contribution in [0.3, 0.4) is 0 Å². The van der Waals surface area contributed by atoms with Gasteiger partial charge in [-0.25, -0.2) is 0 Å². The first kappa shape index (κ1) is 21.8. The first-order chi connectivity index (χ1) is 15.7. The van der Waals surface area contributed by atoms with E-state index in [4.69, 9.17) is 14.2 Å². The number of amides is 1. The summed E-state index contributed by atoms with van der Waals surface area (Å²) < 4.78 is 17.1. The zero-order valence-corrected chi connectivity index (χ0v) is 18.4. The summed E-state index contributed by atoms with van der Waals surface area (Å²) in [6.45, 7) is 3.81. The molecule has 0 saturated carbocycles. The Bertz CT molecular complexity index is 1020. The van der Waals surface area contributed by atoms with Gasteiger partial charge in [0.2, 0.25) is 0 Å². The van der Waals surface area contributed by atoms with Crippen LogP contribution in [-0.4, -0.2) is 25.7 Å². The number of carbonyl (C=O) groups is 1. The lowest BCUT2D eigenvalue weighted by molar-refractivity contribution is 0.0934. The first-order valence-corrected chi connectivity index (χ1v) is 11.2. The molecular weight excluding hydrogens is 402 g/mol. The number of carbonyl (C=O) groups excluding carboxylic acids is 1. The number of fused-ring (bicyclic) bond motifs is 1. The van der Waals surface area contributed by atoms with Crippen LogP contribution in [0.5, 0.6) is 17.2 Å². The van der Waals surface area contributed by atoms with Crippen molar-refractivity contribution >= 4 is 5.91 Å². The summed E-state index contributed by atoms with van der Waals surface area (Å²) in [6, 6.07) is 23.3. The molecule has 4 rings (SSSR count). The third-order valence-electron chi connectivity index (χ3n) is 5.47. The lowest BCUT2D eigenvalue weighted by Crippen LogP contribution is -2.29. The number of benzene rings is 3. The molecule has 1 amide bonds. The van der Waals surface area contributed by atoms with Crippen LogP contribution in [0.4, 0.5) is 0 Å². The maximum atomic E-state index is 13.0. The minimum atomic E-state index is -0.161. The molecule has 5 heteroatoms. The minimum Gasteiger partial charge on any atom is -0.494 e. The maximum absolute atomic E-state index is 13.0. The fourth-order valence-corrected chi connectivity index (χ4v) is 3.79. The second kappa shape index (κ2) is 10.7. The third kappa shape index (κ3) is 5.61. The van der Waals surface area contributed by atoms with Crippen molar-refractivity contribution < 1.29 is 19.0 Å². The average Bonchev–Trinajstić information content (AvgIpc) is 3.08. The van der Waals surface area contributed by atoms with E-state index in [-0.39, 0.29) is 11.9 Å². The maximum Gasteiger partial charge on any atom is 0.251 e. The summed E-state index contributed by atoms with van der Waals surface area (Å²) >= 11 is 0. The van der Waals surface area contributed by atoms with E-state index in [9.17, 15) is 4.79 Å². The zero-order valence-electron chi connectivity index (χ0n) is 18.4. The predicted octanol–water partition coefficient (Wildman–Crippen LogP) is 5.35. The van der Waals surface area contributed by atoms with Crippen molar-refractivity contribution in [3.63, 3.8) is 0 Å². The molecule has 1 aliphatic rings. The fraction of sp³-hybridized carbons (Fsp3) is 0.296. The highest BCUT2D eigenvalue weighted by atomic mass is 16.5. The predicted molar refractivity (Wildman–Crippen MR) is 125 cm³/mol. The second-order valence-electron chi connectivity index (χ2n) is 7.76. The van der Waals surface area contributed by atoms with Crippen LogP contribution in [0.25, 0.3) is 0 Å². The van der Waals surface area contributed by atoms with E-state index in [1.165, 1.54) is 5.56 Å². The Labute approximate surface area is 189 Å². The van der Waals surface area contributed by atoms with E-state index in [1.807, 2.05) is 55.5 Å². The highest BCUT2D eigenvalue weighted by Crippen LogP contribution is 2.33. The number of hydrogen-bond acceptors (Lipinski definition) is 4. The minimum absolute atomic E-state index is 0.113. The van der Waals surface area contributed by atoms with Crippen LogP contribution < -0.4 is 19.5 Å². The lowest BCUT2D eigenvalue weighted by Gasteiger charge is -2.21. The molecule has 0 spiro atoms. The van der Waals surface area contributed by atoms with Crippen molar-refractivity contribution in [2.45, 2.75) is 32.2 Å². The first-order valence-electron chi connectivity index (χ1n) is 11.2. The monoisotopic (exact) mass is 431 g/mol. The van der Waals surface area contributed by atoms with Gasteiger partial charge in [-0.15, -0.1) is 0 Å². The quantitative estimate of drug-likeness (QED) is 0.522. The molecule has 5 nitrogen and oxygen atoms in total. The van der Waals surface area contributed by atoms with Crippen molar-refractivity contribution in [3.8, 4) is 17.2 Å². The van der Waals surface area contributed by atoms with E-state index < -0.39 is 0 Å². The van der Waals surface area contributed by atoms with Gasteiger partial charge >= 0.3 is 0 Å². The highest BCUT2D eigenvalue weighted by Gasteiger charge is 2.19. The summed E-state index contributed by atoms with van der Waals surface area (Å²) in [5, 5.41) is 3.22. The zero-order chi connectivity index (χ0) is 22.2. The van der Waals surface area contributed by atoms with Gasteiger partial charge in [-0.05, 0) is 67.3 Å². The number of aryl methyl sites for hydroxylation is 1. The molecule has 3 aromatic rings. The molecule has 0 radical (unpaired) electrons. The SMILES string of the molecule is CCOc1ccc(C(=O)NC(CCc2ccccc2)c2ccc3c(c2)OCCCO3)cc1. The Morgan fingerprint density at radius 3 is 2.47 bits per heavy atom. The molecular formula is C27H29NO4. The van der Waals surface area contributed by atoms with Crippen LogP contribution in [0, 0.1) is 0 Å². The molecule has 1 unspecified atom stereocenters. The summed E-state index contributed by atoms with van der Waals surface area (Å²) in [5.74, 6) is 2.14. The van der Waals surface area contributed by atoms with Crippen LogP contribution in [0.15, 0.2) is 72.8 Å². The summed E-state index contributed by atoms with van der Waals surface area (Å²) in [7, 11) is 0. The molecule has 0 saturated heterocycles. The molecule has 166 valence electrons. The second-order valence-corrected chi connectivity index (χ2v) is 7.76. The number of ether oxygens (including phenoxy) is 3. The molecule has 1 heterocycles. The molecule has 1 atom stereocenters. The molecule has 0 aromatic heterocycles. The van der Waals surface area contributed by atoms with Crippen LogP contribution in [-0.2, 0) is 6.42 Å². The van der Waals surface area contributed by atoms with Crippen molar-refractivity contribution in [1.29, 1.82) is 0 Å². The Morgan fingerprint density at radius 2 is 1.72 bits per heavy atom. The fourth-order valence-electron chi connectivity index (χ4n) is 3.79. The molecule has 3 aromatic carbocycles. The molecule has 1 N–H and O–H groups in total. The Hall–Kier alpha value is -3.47. The Kier molecular flexibility index (Phi) is 7.28. The van der Waals surface area contributed by atoms with Gasteiger partial charge in [-0.1, -0.05) is 36.4 Å². The van der Waals surface area contributed by atoms with Gasteiger partial charge in [0.15, 0.2) is 11.5 Å². The topological polar surface area (TPSA) is 56.8 Å². The van der Waals surface area contributed by atoms with Gasteiger partial charge in [-0.3, -0.25) is 4.79 Å². The molecule has 0 fully saturated rings. The van der Waals surface area contributed by atoms with E-state index in [1.54, 1.807) is 12.1 Å². The van der Waals surface area contributed by atoms with Crippen LogP contribution >= 0.6 is 0 Å². The van der Waals surface area contributed by atoms with Gasteiger partial charge in [0.25, 0.3) is 5.91 Å². The molecule has 0 bridgehead atoms. The third-order valence-corrected chi connectivity index (χ3v) is 5.47. The average molecular weight is 432 g/mol. The van der Waals surface area contributed by atoms with Crippen molar-refractivity contribution in [2.24, 2.45) is 0 Å². The summed E-state index contributed by atoms with van der Waals surface area (Å²) in [6.07, 6.45) is 2.48. The van der Waals surface area contributed by atoms with Crippen LogP contribution in [0.2, 0.25) is 0 Å². The van der Waals surface area contributed by atoms with Crippen molar-refractivity contribution in [3.05, 3.63) is 89.5 Å². The standard InChI is InChI=1S/C27H29NO4/c1-2-30-23-13-10-21(11-14-23)27(29)28-24(15-9-20-7-4-3-5-8-20)22-12-16-25-26(19-22)32-18-6-17-31-25/h3-5,7-8,10-14,16,19,24H,2,6,9,15,17-18H2,1H3,(H,28,29). The molecule has 0 aliphatic carbocycles. The van der Waals surface area contributed by atoms with Crippen molar-refractivity contribution in [1.82, 2.24) is 5.32 Å². The van der Waals surface area contributed by atoms with E-state index in [0.29, 0.717) is 25.4 Å². The summed E-state index contributed by atoms with van der Waals surface area (Å²) in [5.41, 5.74) is 2.85. The largest absolute Gasteiger partial charge is 0.494 e. The lowest BCUT2D eigenvalue weighted by atomic mass is 9.98. The van der Waals surface area contributed by atoms with Crippen molar-refractivity contribution in [2.75, 3.05) is 19.8 Å². The van der Waals surface area contributed by atoms with Gasteiger partial charge in [0.05, 0.1) is 25.9 Å². The van der Waals surface area contributed by atoms with E-state index in [2.05, 4.69) is 17.4 Å². The number of rotatable bonds is 8. The Morgan fingerprint density at radius 1 is 0.969 bits per heavy atom. The smallest absolute Gasteiger partial charge is 0.251 e.